The molecular weight excluding hydrogens is 358 g/mol. The van der Waals surface area contributed by atoms with Crippen LogP contribution in [0.3, 0.4) is 0 Å². The zero-order chi connectivity index (χ0) is 17.2. The second-order valence-electron chi connectivity index (χ2n) is 5.75. The molecule has 130 valence electrons. The van der Waals surface area contributed by atoms with E-state index in [2.05, 4.69) is 19.9 Å². The van der Waals surface area contributed by atoms with Crippen LogP contribution in [0.25, 0.3) is 11.0 Å². The molecule has 4 heterocycles. The number of aromatic nitrogens is 4. The van der Waals surface area contributed by atoms with Gasteiger partial charge in [0.2, 0.25) is 5.95 Å². The lowest BCUT2D eigenvalue weighted by molar-refractivity contribution is 0.638. The molecule has 0 spiro atoms. The molecule has 1 aliphatic rings. The van der Waals surface area contributed by atoms with Crippen LogP contribution in [0.1, 0.15) is 4.88 Å². The fourth-order valence-electron chi connectivity index (χ4n) is 2.83. The molecule has 0 unspecified atom stereocenters. The van der Waals surface area contributed by atoms with Crippen LogP contribution in [-0.4, -0.2) is 44.1 Å². The van der Waals surface area contributed by atoms with Gasteiger partial charge in [-0.2, -0.15) is 16.7 Å². The number of aromatic amines is 1. The van der Waals surface area contributed by atoms with Crippen LogP contribution < -0.4 is 16.1 Å². The van der Waals surface area contributed by atoms with Gasteiger partial charge in [0.25, 0.3) is 5.56 Å². The van der Waals surface area contributed by atoms with Crippen LogP contribution in [0.5, 0.6) is 0 Å². The van der Waals surface area contributed by atoms with Crippen molar-refractivity contribution in [3.63, 3.8) is 0 Å². The number of hydrogen-bond donors (Lipinski definition) is 1. The summed E-state index contributed by atoms with van der Waals surface area (Å²) in [6.45, 7) is 2.09. The largest absolute Gasteiger partial charge is 0.339 e. The van der Waals surface area contributed by atoms with Crippen molar-refractivity contribution >= 4 is 40.1 Å². The van der Waals surface area contributed by atoms with Crippen molar-refractivity contribution < 1.29 is 0 Å². The molecule has 9 heteroatoms. The van der Waals surface area contributed by atoms with E-state index in [1.165, 1.54) is 10.8 Å². The van der Waals surface area contributed by atoms with Crippen molar-refractivity contribution in [1.29, 1.82) is 0 Å². The number of rotatable bonds is 4. The molecule has 1 fully saturated rings. The predicted molar refractivity (Wildman–Crippen MR) is 102 cm³/mol. The van der Waals surface area contributed by atoms with Gasteiger partial charge in [0, 0.05) is 42.2 Å². The van der Waals surface area contributed by atoms with Crippen LogP contribution in [0, 0.1) is 0 Å². The van der Waals surface area contributed by atoms with Crippen molar-refractivity contribution in [3.8, 4) is 0 Å². The molecule has 1 N–H and O–H groups in total. The van der Waals surface area contributed by atoms with Crippen LogP contribution in [0.2, 0.25) is 0 Å². The van der Waals surface area contributed by atoms with Crippen molar-refractivity contribution in [2.45, 2.75) is 13.0 Å². The number of H-pyrrole nitrogens is 1. The van der Waals surface area contributed by atoms with E-state index in [0.29, 0.717) is 29.9 Å². The van der Waals surface area contributed by atoms with E-state index in [4.69, 9.17) is 0 Å². The van der Waals surface area contributed by atoms with Crippen LogP contribution in [0.4, 0.5) is 5.95 Å². The van der Waals surface area contributed by atoms with Gasteiger partial charge in [-0.1, -0.05) is 6.07 Å². The third-order valence-corrected chi connectivity index (χ3v) is 6.06. The Labute approximate surface area is 151 Å². The van der Waals surface area contributed by atoms with E-state index in [-0.39, 0.29) is 5.56 Å². The Hall–Kier alpha value is -2.13. The molecule has 7 nitrogen and oxygen atoms in total. The SMILES string of the molecule is O=c1[nH]c2nc(N3CCSCC3)ncc2c(=O)n1CCc1cccs1. The minimum absolute atomic E-state index is 0.311. The smallest absolute Gasteiger partial charge is 0.330 e. The van der Waals surface area contributed by atoms with Gasteiger partial charge in [-0.15, -0.1) is 11.3 Å². The normalized spacial score (nSPS) is 15.0. The van der Waals surface area contributed by atoms with E-state index >= 15 is 0 Å². The summed E-state index contributed by atoms with van der Waals surface area (Å²) in [7, 11) is 0. The second kappa shape index (κ2) is 7.01. The van der Waals surface area contributed by atoms with E-state index in [9.17, 15) is 9.59 Å². The molecule has 0 saturated carbocycles. The summed E-state index contributed by atoms with van der Waals surface area (Å²) in [5, 5.41) is 2.33. The monoisotopic (exact) mass is 375 g/mol. The summed E-state index contributed by atoms with van der Waals surface area (Å²) >= 11 is 3.52. The molecule has 3 aromatic rings. The highest BCUT2D eigenvalue weighted by molar-refractivity contribution is 7.99. The minimum atomic E-state index is -0.423. The summed E-state index contributed by atoms with van der Waals surface area (Å²) in [6, 6.07) is 3.96. The molecule has 0 radical (unpaired) electrons. The molecule has 0 aliphatic carbocycles. The Morgan fingerprint density at radius 1 is 1.24 bits per heavy atom. The van der Waals surface area contributed by atoms with Gasteiger partial charge < -0.3 is 4.90 Å². The fourth-order valence-corrected chi connectivity index (χ4v) is 4.43. The molecule has 25 heavy (non-hydrogen) atoms. The predicted octanol–water partition coefficient (Wildman–Crippen LogP) is 1.34. The summed E-state index contributed by atoms with van der Waals surface area (Å²) in [6.07, 6.45) is 2.18. The molecular formula is C16H17N5O2S2. The van der Waals surface area contributed by atoms with E-state index in [1.54, 1.807) is 11.3 Å². The van der Waals surface area contributed by atoms with E-state index in [0.717, 1.165) is 29.5 Å². The average molecular weight is 375 g/mol. The molecule has 0 atom stereocenters. The molecule has 0 amide bonds. The summed E-state index contributed by atoms with van der Waals surface area (Å²) in [5.41, 5.74) is -0.449. The number of nitrogens with one attached hydrogen (secondary N) is 1. The summed E-state index contributed by atoms with van der Waals surface area (Å²) < 4.78 is 1.22. The second-order valence-corrected chi connectivity index (χ2v) is 8.01. The maximum absolute atomic E-state index is 12.6. The highest BCUT2D eigenvalue weighted by Crippen LogP contribution is 2.16. The molecule has 0 bridgehead atoms. The Bertz CT molecular complexity index is 990. The van der Waals surface area contributed by atoms with Gasteiger partial charge in [-0.3, -0.25) is 14.3 Å². The van der Waals surface area contributed by atoms with E-state index < -0.39 is 5.69 Å². The number of hydrogen-bond acceptors (Lipinski definition) is 7. The number of anilines is 1. The first-order chi connectivity index (χ1) is 12.2. The quantitative estimate of drug-likeness (QED) is 0.741. The number of thioether (sulfide) groups is 1. The fraction of sp³-hybridized carbons (Fsp3) is 0.375. The molecule has 1 saturated heterocycles. The first kappa shape index (κ1) is 16.3. The Morgan fingerprint density at radius 2 is 2.08 bits per heavy atom. The average Bonchev–Trinajstić information content (AvgIpc) is 3.15. The number of thiophene rings is 1. The summed E-state index contributed by atoms with van der Waals surface area (Å²) in [4.78, 5) is 39.7. The van der Waals surface area contributed by atoms with Gasteiger partial charge in [-0.05, 0) is 17.9 Å². The van der Waals surface area contributed by atoms with Gasteiger partial charge in [0.1, 0.15) is 5.39 Å². The third-order valence-electron chi connectivity index (χ3n) is 4.18. The molecule has 3 aromatic heterocycles. The lowest BCUT2D eigenvalue weighted by Crippen LogP contribution is -2.37. The van der Waals surface area contributed by atoms with Gasteiger partial charge in [0.15, 0.2) is 5.65 Å². The van der Waals surface area contributed by atoms with Gasteiger partial charge in [-0.25, -0.2) is 9.78 Å². The first-order valence-electron chi connectivity index (χ1n) is 8.07. The van der Waals surface area contributed by atoms with Crippen LogP contribution in [0.15, 0.2) is 33.3 Å². The lowest BCUT2D eigenvalue weighted by atomic mass is 10.3. The third kappa shape index (κ3) is 3.34. The zero-order valence-corrected chi connectivity index (χ0v) is 15.1. The van der Waals surface area contributed by atoms with Crippen LogP contribution >= 0.6 is 23.1 Å². The van der Waals surface area contributed by atoms with Gasteiger partial charge >= 0.3 is 5.69 Å². The lowest BCUT2D eigenvalue weighted by Gasteiger charge is -2.26. The molecule has 4 rings (SSSR count). The number of aryl methyl sites for hydroxylation is 1. The molecule has 1 aliphatic heterocycles. The number of fused-ring (bicyclic) bond motifs is 1. The van der Waals surface area contributed by atoms with Crippen LogP contribution in [-0.2, 0) is 13.0 Å². The summed E-state index contributed by atoms with van der Waals surface area (Å²) in [5.74, 6) is 2.63. The Morgan fingerprint density at radius 3 is 2.84 bits per heavy atom. The Balaban J connectivity index is 1.67. The topological polar surface area (TPSA) is 83.9 Å². The van der Waals surface area contributed by atoms with Crippen molar-refractivity contribution in [3.05, 3.63) is 49.4 Å². The highest BCUT2D eigenvalue weighted by Gasteiger charge is 2.16. The minimum Gasteiger partial charge on any atom is -0.339 e. The van der Waals surface area contributed by atoms with Crippen molar-refractivity contribution in [2.75, 3.05) is 29.5 Å². The maximum Gasteiger partial charge on any atom is 0.330 e. The zero-order valence-electron chi connectivity index (χ0n) is 13.5. The first-order valence-corrected chi connectivity index (χ1v) is 10.1. The maximum atomic E-state index is 12.6. The Kier molecular flexibility index (Phi) is 4.58. The van der Waals surface area contributed by atoms with Crippen molar-refractivity contribution in [1.82, 2.24) is 19.5 Å². The van der Waals surface area contributed by atoms with Gasteiger partial charge in [0.05, 0.1) is 0 Å². The van der Waals surface area contributed by atoms with E-state index in [1.807, 2.05) is 29.3 Å². The molecule has 0 aromatic carbocycles. The standard InChI is InChI=1S/C16H17N5O2S2/c22-14-12-10-17-15(20-5-8-24-9-6-20)18-13(12)19-16(23)21(14)4-3-11-2-1-7-25-11/h1-2,7,10H,3-6,8-9H2,(H,17,18,19,23). The number of nitrogens with zero attached hydrogens (tertiary/aromatic N) is 4. The van der Waals surface area contributed by atoms with Crippen molar-refractivity contribution in [2.24, 2.45) is 0 Å². The highest BCUT2D eigenvalue weighted by atomic mass is 32.2.